The fourth-order valence-electron chi connectivity index (χ4n) is 2.08. The molecule has 2 rings (SSSR count). The number of Topliss-reactive ketones (excluding diaryl/α,β-unsaturated/α-hetero) is 1. The van der Waals surface area contributed by atoms with E-state index in [0.717, 1.165) is 6.42 Å². The molecule has 1 aliphatic rings. The highest BCUT2D eigenvalue weighted by molar-refractivity contribution is 6.28. The van der Waals surface area contributed by atoms with Crippen molar-refractivity contribution in [3.05, 3.63) is 22.8 Å². The average molecular weight is 298 g/mol. The van der Waals surface area contributed by atoms with Gasteiger partial charge in [0.05, 0.1) is 0 Å². The first-order valence-corrected chi connectivity index (χ1v) is 7.18. The third-order valence-corrected chi connectivity index (χ3v) is 3.38. The maximum absolute atomic E-state index is 13.9. The normalized spacial score (nSPS) is 16.1. The van der Waals surface area contributed by atoms with Gasteiger partial charge in [0, 0.05) is 18.4 Å². The largest absolute Gasteiger partial charge is 0.292 e. The number of aromatic nitrogens is 3. The van der Waals surface area contributed by atoms with Crippen molar-refractivity contribution in [3.63, 3.8) is 0 Å². The molecule has 0 unspecified atom stereocenters. The number of allylic oxidation sites excluding steroid dienone is 2. The minimum absolute atomic E-state index is 0.0482. The second-order valence-corrected chi connectivity index (χ2v) is 5.68. The zero-order chi connectivity index (χ0) is 14.7. The minimum atomic E-state index is -0.728. The molecule has 0 aliphatic heterocycles. The number of hydrogen-bond acceptors (Lipinski definition) is 4. The van der Waals surface area contributed by atoms with Crippen LogP contribution in [0.1, 0.15) is 51.2 Å². The van der Waals surface area contributed by atoms with E-state index in [4.69, 9.17) is 11.6 Å². The van der Waals surface area contributed by atoms with Crippen LogP contribution in [0.5, 0.6) is 0 Å². The Morgan fingerprint density at radius 2 is 2.00 bits per heavy atom. The van der Waals surface area contributed by atoms with Crippen molar-refractivity contribution in [2.45, 2.75) is 46.0 Å². The molecule has 0 radical (unpaired) electrons. The van der Waals surface area contributed by atoms with Crippen LogP contribution in [-0.4, -0.2) is 20.7 Å². The number of hydrogen-bond donors (Lipinski definition) is 0. The summed E-state index contributed by atoms with van der Waals surface area (Å²) in [6.07, 6.45) is 2.90. The monoisotopic (exact) mass is 297 g/mol. The first-order chi connectivity index (χ1) is 9.47. The summed E-state index contributed by atoms with van der Waals surface area (Å²) in [7, 11) is 0. The number of carbonyl (C=O) groups excluding carboxylic acids is 1. The molecule has 0 N–H and O–H groups in total. The van der Waals surface area contributed by atoms with Gasteiger partial charge in [-0.1, -0.05) is 13.8 Å². The summed E-state index contributed by atoms with van der Waals surface area (Å²) >= 11 is 5.88. The predicted octanol–water partition coefficient (Wildman–Crippen LogP) is 3.55. The molecule has 0 aromatic carbocycles. The molecule has 0 saturated carbocycles. The standard InChI is InChI=1S/C14H17ClFN3O/c1-8(2)6-7-11-17-13(19-14(15)18-11)9-4-3-5-10(20)12(9)16/h8H,3-7H2,1-2H3. The van der Waals surface area contributed by atoms with E-state index in [9.17, 15) is 9.18 Å². The van der Waals surface area contributed by atoms with Gasteiger partial charge in [-0.3, -0.25) is 4.79 Å². The van der Waals surface area contributed by atoms with E-state index < -0.39 is 11.6 Å². The second kappa shape index (κ2) is 6.39. The second-order valence-electron chi connectivity index (χ2n) is 5.35. The average Bonchev–Trinajstić information content (AvgIpc) is 2.39. The molecule has 1 aromatic rings. The van der Waals surface area contributed by atoms with Crippen molar-refractivity contribution >= 4 is 23.0 Å². The Balaban J connectivity index is 2.32. The summed E-state index contributed by atoms with van der Waals surface area (Å²) in [5.74, 6) is 0.0578. The van der Waals surface area contributed by atoms with Gasteiger partial charge in [0.25, 0.3) is 0 Å². The molecule has 0 fully saturated rings. The lowest BCUT2D eigenvalue weighted by atomic mass is 9.97. The quantitative estimate of drug-likeness (QED) is 0.853. The molecular weight excluding hydrogens is 281 g/mol. The number of nitrogens with zero attached hydrogens (tertiary/aromatic N) is 3. The summed E-state index contributed by atoms with van der Waals surface area (Å²) in [6, 6.07) is 0. The molecular formula is C14H17ClFN3O. The van der Waals surface area contributed by atoms with Crippen molar-refractivity contribution in [2.75, 3.05) is 0 Å². The Hall–Kier alpha value is -1.36. The van der Waals surface area contributed by atoms with Crippen LogP contribution >= 0.6 is 11.6 Å². The summed E-state index contributed by atoms with van der Waals surface area (Å²) in [4.78, 5) is 23.7. The lowest BCUT2D eigenvalue weighted by Crippen LogP contribution is -2.11. The van der Waals surface area contributed by atoms with Gasteiger partial charge >= 0.3 is 0 Å². The zero-order valence-corrected chi connectivity index (χ0v) is 12.4. The molecule has 1 aromatic heterocycles. The maximum atomic E-state index is 13.9. The van der Waals surface area contributed by atoms with Crippen LogP contribution < -0.4 is 0 Å². The SMILES string of the molecule is CC(C)CCc1nc(Cl)nc(C2=C(F)C(=O)CCC2)n1. The van der Waals surface area contributed by atoms with Gasteiger partial charge in [-0.25, -0.2) is 14.4 Å². The van der Waals surface area contributed by atoms with Crippen LogP contribution in [0.2, 0.25) is 5.28 Å². The molecule has 20 heavy (non-hydrogen) atoms. The van der Waals surface area contributed by atoms with Gasteiger partial charge in [0.15, 0.2) is 17.4 Å². The molecule has 0 bridgehead atoms. The molecule has 0 spiro atoms. The topological polar surface area (TPSA) is 55.7 Å². The molecule has 6 heteroatoms. The number of halogens is 2. The lowest BCUT2D eigenvalue weighted by Gasteiger charge is -2.13. The van der Waals surface area contributed by atoms with Gasteiger partial charge < -0.3 is 0 Å². The third-order valence-electron chi connectivity index (χ3n) is 3.21. The van der Waals surface area contributed by atoms with E-state index in [-0.39, 0.29) is 23.1 Å². The highest BCUT2D eigenvalue weighted by Gasteiger charge is 2.24. The number of rotatable bonds is 4. The molecule has 1 aliphatic carbocycles. The Morgan fingerprint density at radius 1 is 1.25 bits per heavy atom. The molecule has 4 nitrogen and oxygen atoms in total. The summed E-state index contributed by atoms with van der Waals surface area (Å²) in [5.41, 5.74) is 0.261. The Morgan fingerprint density at radius 3 is 2.70 bits per heavy atom. The smallest absolute Gasteiger partial charge is 0.226 e. The van der Waals surface area contributed by atoms with Crippen LogP contribution in [-0.2, 0) is 11.2 Å². The van der Waals surface area contributed by atoms with E-state index in [1.807, 2.05) is 0 Å². The molecule has 1 heterocycles. The first kappa shape index (κ1) is 15.0. The Kier molecular flexibility index (Phi) is 4.81. The fourth-order valence-corrected chi connectivity index (χ4v) is 2.26. The van der Waals surface area contributed by atoms with Gasteiger partial charge in [-0.05, 0) is 36.8 Å². The summed E-state index contributed by atoms with van der Waals surface area (Å²) < 4.78 is 13.9. The van der Waals surface area contributed by atoms with Gasteiger partial charge in [0.1, 0.15) is 5.82 Å². The lowest BCUT2D eigenvalue weighted by molar-refractivity contribution is -0.117. The van der Waals surface area contributed by atoms with Crippen LogP contribution in [0.4, 0.5) is 4.39 Å². The zero-order valence-electron chi connectivity index (χ0n) is 11.6. The maximum Gasteiger partial charge on any atom is 0.226 e. The van der Waals surface area contributed by atoms with E-state index in [1.165, 1.54) is 0 Å². The number of aryl methyl sites for hydroxylation is 1. The highest BCUT2D eigenvalue weighted by Crippen LogP contribution is 2.29. The molecule has 0 amide bonds. The minimum Gasteiger partial charge on any atom is -0.292 e. The van der Waals surface area contributed by atoms with Crippen molar-refractivity contribution in [2.24, 2.45) is 5.92 Å². The third kappa shape index (κ3) is 3.60. The van der Waals surface area contributed by atoms with E-state index in [1.54, 1.807) is 0 Å². The predicted molar refractivity (Wildman–Crippen MR) is 74.9 cm³/mol. The van der Waals surface area contributed by atoms with E-state index in [2.05, 4.69) is 28.8 Å². The fraction of sp³-hybridized carbons (Fsp3) is 0.571. The molecule has 0 saturated heterocycles. The van der Waals surface area contributed by atoms with Gasteiger partial charge in [-0.2, -0.15) is 4.98 Å². The van der Waals surface area contributed by atoms with Crippen LogP contribution in [0.15, 0.2) is 5.83 Å². The molecule has 108 valence electrons. The van der Waals surface area contributed by atoms with Crippen LogP contribution in [0.3, 0.4) is 0 Å². The first-order valence-electron chi connectivity index (χ1n) is 6.80. The van der Waals surface area contributed by atoms with E-state index >= 15 is 0 Å². The van der Waals surface area contributed by atoms with Crippen molar-refractivity contribution in [1.82, 2.24) is 15.0 Å². The van der Waals surface area contributed by atoms with Crippen LogP contribution in [0, 0.1) is 5.92 Å². The van der Waals surface area contributed by atoms with Crippen molar-refractivity contribution in [3.8, 4) is 0 Å². The Bertz CT molecular complexity index is 557. The highest BCUT2D eigenvalue weighted by atomic mass is 35.5. The molecule has 0 atom stereocenters. The summed E-state index contributed by atoms with van der Waals surface area (Å²) in [5, 5.41) is 0.0482. The van der Waals surface area contributed by atoms with E-state index in [0.29, 0.717) is 31.0 Å². The van der Waals surface area contributed by atoms with Crippen molar-refractivity contribution < 1.29 is 9.18 Å². The Labute approximate surface area is 122 Å². The van der Waals surface area contributed by atoms with Gasteiger partial charge in [0.2, 0.25) is 5.28 Å². The van der Waals surface area contributed by atoms with Gasteiger partial charge in [-0.15, -0.1) is 0 Å². The van der Waals surface area contributed by atoms with Crippen LogP contribution in [0.25, 0.3) is 5.57 Å². The number of carbonyl (C=O) groups is 1. The summed E-state index contributed by atoms with van der Waals surface area (Å²) in [6.45, 7) is 4.21. The van der Waals surface area contributed by atoms with Crippen molar-refractivity contribution in [1.29, 1.82) is 0 Å². The number of ketones is 1.